The molecule has 0 bridgehead atoms. The van der Waals surface area contributed by atoms with Gasteiger partial charge in [0.05, 0.1) is 0 Å². The van der Waals surface area contributed by atoms with Crippen molar-refractivity contribution >= 4 is 21.5 Å². The first-order valence-electron chi connectivity index (χ1n) is 10.1. The molecule has 4 rings (SSSR count). The van der Waals surface area contributed by atoms with Gasteiger partial charge in [-0.2, -0.15) is 0 Å². The molecule has 0 spiro atoms. The molecule has 2 nitrogen and oxygen atoms in total. The van der Waals surface area contributed by atoms with Crippen LogP contribution in [0.4, 0.5) is 0 Å². The second kappa shape index (κ2) is 7.93. The lowest BCUT2D eigenvalue weighted by Crippen LogP contribution is -2.05. The third-order valence-corrected chi connectivity index (χ3v) is 5.69. The topological polar surface area (TPSA) is 40.5 Å². The molecule has 0 unspecified atom stereocenters. The number of benzene rings is 4. The highest BCUT2D eigenvalue weighted by atomic mass is 16.3. The van der Waals surface area contributed by atoms with Gasteiger partial charge in [-0.1, -0.05) is 86.8 Å². The Morgan fingerprint density at radius 3 is 1.64 bits per heavy atom. The Balaban J connectivity index is 1.99. The van der Waals surface area contributed by atoms with Gasteiger partial charge in [0.25, 0.3) is 0 Å². The highest BCUT2D eigenvalue weighted by Gasteiger charge is 2.24. The Morgan fingerprint density at radius 2 is 1.14 bits per heavy atom. The van der Waals surface area contributed by atoms with Crippen molar-refractivity contribution in [1.29, 1.82) is 0 Å². The molecule has 2 heteroatoms. The van der Waals surface area contributed by atoms with E-state index in [-0.39, 0.29) is 5.92 Å². The Kier molecular flexibility index (Phi) is 5.21. The molecule has 142 valence electrons. The molecule has 0 amide bonds. The molecule has 28 heavy (non-hydrogen) atoms. The summed E-state index contributed by atoms with van der Waals surface area (Å²) >= 11 is 0. The lowest BCUT2D eigenvalue weighted by Gasteiger charge is -2.24. The van der Waals surface area contributed by atoms with Gasteiger partial charge in [-0.25, -0.2) is 0 Å². The number of phenols is 2. The van der Waals surface area contributed by atoms with Gasteiger partial charge in [-0.05, 0) is 40.1 Å². The van der Waals surface area contributed by atoms with Crippen LogP contribution in [0.3, 0.4) is 0 Å². The first-order chi connectivity index (χ1) is 13.7. The first-order valence-corrected chi connectivity index (χ1v) is 10.1. The quantitative estimate of drug-likeness (QED) is 0.355. The molecule has 4 aromatic rings. The van der Waals surface area contributed by atoms with Crippen LogP contribution in [0, 0.1) is 0 Å². The average molecular weight is 370 g/mol. The van der Waals surface area contributed by atoms with Crippen molar-refractivity contribution in [2.45, 2.75) is 38.5 Å². The average Bonchev–Trinajstić information content (AvgIpc) is 2.72. The molecule has 2 N–H and O–H groups in total. The van der Waals surface area contributed by atoms with E-state index < -0.39 is 0 Å². The summed E-state index contributed by atoms with van der Waals surface area (Å²) in [4.78, 5) is 0. The molecule has 0 saturated heterocycles. The molecule has 0 radical (unpaired) electrons. The van der Waals surface area contributed by atoms with Crippen molar-refractivity contribution < 1.29 is 10.2 Å². The molecule has 4 aromatic carbocycles. The summed E-state index contributed by atoms with van der Waals surface area (Å²) in [6.07, 6.45) is 4.20. The molecule has 0 aliphatic rings. The van der Waals surface area contributed by atoms with Gasteiger partial charge in [-0.3, -0.25) is 0 Å². The maximum Gasteiger partial charge on any atom is 0.120 e. The predicted octanol–water partition coefficient (Wildman–Crippen LogP) is 7.12. The zero-order valence-corrected chi connectivity index (χ0v) is 16.2. The Hall–Kier alpha value is -3.00. The van der Waals surface area contributed by atoms with Crippen LogP contribution in [0.1, 0.15) is 49.7 Å². The zero-order valence-electron chi connectivity index (χ0n) is 16.2. The first kappa shape index (κ1) is 18.4. The fourth-order valence-corrected chi connectivity index (χ4v) is 4.33. The largest absolute Gasteiger partial charge is 0.508 e. The molecule has 0 fully saturated rings. The van der Waals surface area contributed by atoms with Gasteiger partial charge in [0.2, 0.25) is 0 Å². The predicted molar refractivity (Wildman–Crippen MR) is 117 cm³/mol. The van der Waals surface area contributed by atoms with Crippen molar-refractivity contribution in [1.82, 2.24) is 0 Å². The van der Waals surface area contributed by atoms with E-state index in [2.05, 4.69) is 31.2 Å². The van der Waals surface area contributed by atoms with Crippen molar-refractivity contribution in [3.63, 3.8) is 0 Å². The van der Waals surface area contributed by atoms with Gasteiger partial charge < -0.3 is 10.2 Å². The molecule has 0 saturated carbocycles. The maximum atomic E-state index is 10.9. The van der Waals surface area contributed by atoms with E-state index in [0.717, 1.165) is 58.4 Å². The summed E-state index contributed by atoms with van der Waals surface area (Å²) in [5.41, 5.74) is 1.83. The van der Waals surface area contributed by atoms with E-state index in [0.29, 0.717) is 11.5 Å². The van der Waals surface area contributed by atoms with Crippen LogP contribution in [0.2, 0.25) is 0 Å². The number of phenolic OH excluding ortho intramolecular Hbond substituents is 2. The van der Waals surface area contributed by atoms with Gasteiger partial charge >= 0.3 is 0 Å². The van der Waals surface area contributed by atoms with E-state index in [4.69, 9.17) is 0 Å². The van der Waals surface area contributed by atoms with Crippen molar-refractivity contribution in [3.05, 3.63) is 83.9 Å². The molecule has 0 aliphatic carbocycles. The minimum Gasteiger partial charge on any atom is -0.508 e. The molecular formula is C26H26O2. The van der Waals surface area contributed by atoms with E-state index in [1.807, 2.05) is 36.4 Å². The van der Waals surface area contributed by atoms with Gasteiger partial charge in [0.15, 0.2) is 0 Å². The summed E-state index contributed by atoms with van der Waals surface area (Å²) in [5, 5.41) is 26.1. The van der Waals surface area contributed by atoms with Crippen LogP contribution in [0.5, 0.6) is 11.5 Å². The van der Waals surface area contributed by atoms with Crippen LogP contribution in [-0.2, 0) is 0 Å². The summed E-state index contributed by atoms with van der Waals surface area (Å²) in [5.74, 6) is 0.531. The van der Waals surface area contributed by atoms with Crippen LogP contribution < -0.4 is 0 Å². The number of unbranched alkanes of at least 4 members (excludes halogenated alkanes) is 2. The number of hydrogen-bond donors (Lipinski definition) is 2. The van der Waals surface area contributed by atoms with Gasteiger partial charge in [0, 0.05) is 17.0 Å². The molecule has 0 heterocycles. The number of hydrogen-bond acceptors (Lipinski definition) is 2. The smallest absolute Gasteiger partial charge is 0.120 e. The highest BCUT2D eigenvalue weighted by Crippen LogP contribution is 2.45. The monoisotopic (exact) mass is 370 g/mol. The van der Waals surface area contributed by atoms with Crippen LogP contribution >= 0.6 is 0 Å². The Bertz CT molecular complexity index is 1030. The zero-order chi connectivity index (χ0) is 19.5. The molecule has 0 aromatic heterocycles. The van der Waals surface area contributed by atoms with E-state index in [9.17, 15) is 10.2 Å². The second-order valence-corrected chi connectivity index (χ2v) is 7.49. The third kappa shape index (κ3) is 3.31. The van der Waals surface area contributed by atoms with Crippen molar-refractivity contribution in [2.24, 2.45) is 0 Å². The van der Waals surface area contributed by atoms with Gasteiger partial charge in [0.1, 0.15) is 11.5 Å². The fraction of sp³-hybridized carbons (Fsp3) is 0.231. The van der Waals surface area contributed by atoms with Crippen LogP contribution in [-0.4, -0.2) is 10.2 Å². The van der Waals surface area contributed by atoms with Crippen LogP contribution in [0.15, 0.2) is 72.8 Å². The van der Waals surface area contributed by atoms with E-state index >= 15 is 0 Å². The second-order valence-electron chi connectivity index (χ2n) is 7.49. The highest BCUT2D eigenvalue weighted by molar-refractivity contribution is 5.92. The SMILES string of the molecule is CCCCCC(c1c(O)ccc2ccccc12)c1c(O)ccc2ccccc12. The molecular weight excluding hydrogens is 344 g/mol. The molecule has 0 aliphatic heterocycles. The van der Waals surface area contributed by atoms with Crippen molar-refractivity contribution in [2.75, 3.05) is 0 Å². The van der Waals surface area contributed by atoms with Crippen molar-refractivity contribution in [3.8, 4) is 11.5 Å². The lowest BCUT2D eigenvalue weighted by atomic mass is 9.81. The Labute approximate surface area is 166 Å². The standard InChI is InChI=1S/C26H26O2/c1-2-3-4-13-22(25-20-11-7-5-9-18(20)14-16-23(25)27)26-21-12-8-6-10-19(21)15-17-24(26)28/h5-12,14-17,22,27-28H,2-4,13H2,1H3. The van der Waals surface area contributed by atoms with Crippen LogP contribution in [0.25, 0.3) is 21.5 Å². The summed E-state index contributed by atoms with van der Waals surface area (Å²) < 4.78 is 0. The minimum absolute atomic E-state index is 0.0660. The number of aromatic hydroxyl groups is 2. The maximum absolute atomic E-state index is 10.9. The summed E-state index contributed by atoms with van der Waals surface area (Å²) in [6.45, 7) is 2.19. The third-order valence-electron chi connectivity index (χ3n) is 5.69. The number of fused-ring (bicyclic) bond motifs is 2. The fourth-order valence-electron chi connectivity index (χ4n) is 4.33. The molecule has 0 atom stereocenters. The van der Waals surface area contributed by atoms with E-state index in [1.165, 1.54) is 0 Å². The number of rotatable bonds is 6. The van der Waals surface area contributed by atoms with E-state index in [1.54, 1.807) is 12.1 Å². The lowest BCUT2D eigenvalue weighted by molar-refractivity contribution is 0.451. The Morgan fingerprint density at radius 1 is 0.643 bits per heavy atom. The normalized spacial score (nSPS) is 11.5. The summed E-state index contributed by atoms with van der Waals surface area (Å²) in [6, 6.07) is 23.8. The van der Waals surface area contributed by atoms with Gasteiger partial charge in [-0.15, -0.1) is 0 Å². The summed E-state index contributed by atoms with van der Waals surface area (Å²) in [7, 11) is 0. The minimum atomic E-state index is -0.0660.